The molecule has 0 amide bonds. The number of hydrogen-bond donors (Lipinski definition) is 1. The van der Waals surface area contributed by atoms with E-state index in [0.29, 0.717) is 5.25 Å². The Labute approximate surface area is 87.3 Å². The Hall–Kier alpha value is -0.960. The van der Waals surface area contributed by atoms with Crippen LogP contribution >= 0.6 is 11.8 Å². The monoisotopic (exact) mass is 208 g/mol. The molecule has 0 bridgehead atoms. The van der Waals surface area contributed by atoms with E-state index in [1.54, 1.807) is 11.8 Å². The molecule has 0 aromatic heterocycles. The van der Waals surface area contributed by atoms with Crippen molar-refractivity contribution in [3.05, 3.63) is 35.4 Å². The second-order valence-electron chi connectivity index (χ2n) is 3.50. The molecular weight excluding hydrogens is 196 g/mol. The summed E-state index contributed by atoms with van der Waals surface area (Å²) in [6.07, 6.45) is 2.04. The molecule has 0 heterocycles. The summed E-state index contributed by atoms with van der Waals surface area (Å²) < 4.78 is 0. The first kappa shape index (κ1) is 9.59. The minimum Gasteiger partial charge on any atom is -0.481 e. The Kier molecular flexibility index (Phi) is 2.77. The fourth-order valence-electron chi connectivity index (χ4n) is 1.83. The highest BCUT2D eigenvalue weighted by molar-refractivity contribution is 8.00. The highest BCUT2D eigenvalue weighted by Gasteiger charge is 2.21. The lowest BCUT2D eigenvalue weighted by atomic mass is 10.1. The molecule has 1 aliphatic carbocycles. The fourth-order valence-corrected chi connectivity index (χ4v) is 2.80. The van der Waals surface area contributed by atoms with E-state index in [1.165, 1.54) is 11.1 Å². The van der Waals surface area contributed by atoms with Gasteiger partial charge in [-0.25, -0.2) is 0 Å². The molecule has 0 fully saturated rings. The first-order valence-corrected chi connectivity index (χ1v) is 5.71. The third-order valence-electron chi connectivity index (χ3n) is 2.46. The zero-order valence-electron chi connectivity index (χ0n) is 7.77. The molecular formula is C11H12O2S. The third kappa shape index (κ3) is 2.10. The van der Waals surface area contributed by atoms with Crippen LogP contribution in [0.25, 0.3) is 0 Å². The maximum atomic E-state index is 10.4. The maximum absolute atomic E-state index is 10.4. The van der Waals surface area contributed by atoms with Gasteiger partial charge in [-0.1, -0.05) is 24.3 Å². The number of rotatable bonds is 3. The van der Waals surface area contributed by atoms with E-state index < -0.39 is 5.97 Å². The Bertz CT molecular complexity index is 324. The number of fused-ring (bicyclic) bond motifs is 1. The van der Waals surface area contributed by atoms with E-state index in [2.05, 4.69) is 12.1 Å². The van der Waals surface area contributed by atoms with Crippen LogP contribution in [0.3, 0.4) is 0 Å². The Morgan fingerprint density at radius 2 is 1.93 bits per heavy atom. The lowest BCUT2D eigenvalue weighted by molar-refractivity contribution is -0.133. The van der Waals surface area contributed by atoms with Gasteiger partial charge in [-0.3, -0.25) is 4.79 Å². The molecule has 3 heteroatoms. The zero-order chi connectivity index (χ0) is 9.97. The molecule has 0 spiro atoms. The van der Waals surface area contributed by atoms with Gasteiger partial charge >= 0.3 is 5.97 Å². The van der Waals surface area contributed by atoms with Gasteiger partial charge in [-0.15, -0.1) is 11.8 Å². The molecule has 0 saturated heterocycles. The summed E-state index contributed by atoms with van der Waals surface area (Å²) in [6.45, 7) is 0. The molecule has 0 radical (unpaired) electrons. The van der Waals surface area contributed by atoms with Crippen molar-refractivity contribution in [1.82, 2.24) is 0 Å². The number of hydrogen-bond acceptors (Lipinski definition) is 2. The molecule has 1 aromatic rings. The molecule has 74 valence electrons. The van der Waals surface area contributed by atoms with Crippen molar-refractivity contribution < 1.29 is 9.90 Å². The van der Waals surface area contributed by atoms with E-state index in [0.717, 1.165) is 12.8 Å². The van der Waals surface area contributed by atoms with Crippen molar-refractivity contribution in [2.24, 2.45) is 0 Å². The van der Waals surface area contributed by atoms with Crippen molar-refractivity contribution in [1.29, 1.82) is 0 Å². The van der Waals surface area contributed by atoms with Crippen LogP contribution in [-0.4, -0.2) is 22.1 Å². The highest BCUT2D eigenvalue weighted by Crippen LogP contribution is 2.29. The quantitative estimate of drug-likeness (QED) is 0.825. The molecule has 0 aliphatic heterocycles. The number of thioether (sulfide) groups is 1. The van der Waals surface area contributed by atoms with Gasteiger partial charge in [0.1, 0.15) is 0 Å². The predicted octanol–water partition coefficient (Wildman–Crippen LogP) is 1.97. The van der Waals surface area contributed by atoms with E-state index in [1.807, 2.05) is 12.1 Å². The van der Waals surface area contributed by atoms with Crippen molar-refractivity contribution in [3.63, 3.8) is 0 Å². The molecule has 0 saturated carbocycles. The lowest BCUT2D eigenvalue weighted by Crippen LogP contribution is -2.07. The van der Waals surface area contributed by atoms with Gasteiger partial charge in [-0.2, -0.15) is 0 Å². The molecule has 1 aliphatic rings. The maximum Gasteiger partial charge on any atom is 0.313 e. The second kappa shape index (κ2) is 4.05. The van der Waals surface area contributed by atoms with Crippen LogP contribution in [0.1, 0.15) is 11.1 Å². The van der Waals surface area contributed by atoms with Crippen LogP contribution in [0.5, 0.6) is 0 Å². The van der Waals surface area contributed by atoms with Gasteiger partial charge in [0.05, 0.1) is 5.75 Å². The summed E-state index contributed by atoms with van der Waals surface area (Å²) in [5.41, 5.74) is 2.77. The standard InChI is InChI=1S/C11H12O2S/c12-11(13)7-14-10-5-8-3-1-2-4-9(8)6-10/h1-4,10H,5-7H2,(H,12,13). The summed E-state index contributed by atoms with van der Waals surface area (Å²) in [7, 11) is 0. The minimum absolute atomic E-state index is 0.221. The number of benzene rings is 1. The third-order valence-corrected chi connectivity index (χ3v) is 3.67. The van der Waals surface area contributed by atoms with E-state index in [4.69, 9.17) is 5.11 Å². The summed E-state index contributed by atoms with van der Waals surface area (Å²) in [5.74, 6) is -0.496. The first-order chi connectivity index (χ1) is 6.75. The van der Waals surface area contributed by atoms with Gasteiger partial charge in [0, 0.05) is 5.25 Å². The van der Waals surface area contributed by atoms with Crippen molar-refractivity contribution in [2.45, 2.75) is 18.1 Å². The molecule has 1 aromatic carbocycles. The molecule has 14 heavy (non-hydrogen) atoms. The molecule has 0 unspecified atom stereocenters. The van der Waals surface area contributed by atoms with Gasteiger partial charge in [0.15, 0.2) is 0 Å². The Morgan fingerprint density at radius 3 is 2.43 bits per heavy atom. The summed E-state index contributed by atoms with van der Waals surface area (Å²) >= 11 is 1.55. The van der Waals surface area contributed by atoms with Crippen LogP contribution < -0.4 is 0 Å². The van der Waals surface area contributed by atoms with Crippen LogP contribution in [0.15, 0.2) is 24.3 Å². The largest absolute Gasteiger partial charge is 0.481 e. The Balaban J connectivity index is 1.95. The second-order valence-corrected chi connectivity index (χ2v) is 4.79. The highest BCUT2D eigenvalue weighted by atomic mass is 32.2. The SMILES string of the molecule is O=C(O)CSC1Cc2ccccc2C1. The van der Waals surface area contributed by atoms with Gasteiger partial charge in [0.25, 0.3) is 0 Å². The minimum atomic E-state index is -0.717. The van der Waals surface area contributed by atoms with E-state index in [9.17, 15) is 4.79 Å². The van der Waals surface area contributed by atoms with E-state index in [-0.39, 0.29) is 5.75 Å². The average Bonchev–Trinajstić information content (AvgIpc) is 2.57. The van der Waals surface area contributed by atoms with Crippen LogP contribution in [0, 0.1) is 0 Å². The smallest absolute Gasteiger partial charge is 0.313 e. The number of aliphatic carboxylic acids is 1. The van der Waals surface area contributed by atoms with Crippen LogP contribution in [-0.2, 0) is 17.6 Å². The molecule has 0 atom stereocenters. The fraction of sp³-hybridized carbons (Fsp3) is 0.364. The van der Waals surface area contributed by atoms with Gasteiger partial charge in [-0.05, 0) is 24.0 Å². The van der Waals surface area contributed by atoms with E-state index >= 15 is 0 Å². The number of carboxylic acids is 1. The summed E-state index contributed by atoms with van der Waals surface area (Å²) in [6, 6.07) is 8.36. The normalized spacial score (nSPS) is 15.4. The first-order valence-electron chi connectivity index (χ1n) is 4.66. The van der Waals surface area contributed by atoms with Crippen LogP contribution in [0.4, 0.5) is 0 Å². The topological polar surface area (TPSA) is 37.3 Å². The van der Waals surface area contributed by atoms with Crippen molar-refractivity contribution >= 4 is 17.7 Å². The lowest BCUT2D eigenvalue weighted by Gasteiger charge is -2.05. The average molecular weight is 208 g/mol. The van der Waals surface area contributed by atoms with Gasteiger partial charge in [0.2, 0.25) is 0 Å². The molecule has 1 N–H and O–H groups in total. The van der Waals surface area contributed by atoms with Crippen molar-refractivity contribution in [2.75, 3.05) is 5.75 Å². The van der Waals surface area contributed by atoms with Gasteiger partial charge < -0.3 is 5.11 Å². The summed E-state index contributed by atoms with van der Waals surface area (Å²) in [5, 5.41) is 9.03. The Morgan fingerprint density at radius 1 is 1.36 bits per heavy atom. The molecule has 2 rings (SSSR count). The zero-order valence-corrected chi connectivity index (χ0v) is 8.59. The number of carboxylic acid groups (broad SMARTS) is 1. The van der Waals surface area contributed by atoms with Crippen LogP contribution in [0.2, 0.25) is 0 Å². The predicted molar refractivity (Wildman–Crippen MR) is 57.7 cm³/mol. The van der Waals surface area contributed by atoms with Crippen molar-refractivity contribution in [3.8, 4) is 0 Å². The summed E-state index contributed by atoms with van der Waals surface area (Å²) in [4.78, 5) is 10.4. The number of carbonyl (C=O) groups is 1. The molecule has 2 nitrogen and oxygen atoms in total.